The summed E-state index contributed by atoms with van der Waals surface area (Å²) in [7, 11) is 0. The van der Waals surface area contributed by atoms with Crippen LogP contribution in [0.5, 0.6) is 0 Å². The number of aromatic nitrogens is 3. The second-order valence-electron chi connectivity index (χ2n) is 8.27. The molecule has 1 amide bonds. The zero-order chi connectivity index (χ0) is 20.5. The minimum atomic E-state index is -0.464. The van der Waals surface area contributed by atoms with E-state index in [0.717, 1.165) is 17.5 Å². The lowest BCUT2D eigenvalue weighted by Gasteiger charge is -2.18. The highest BCUT2D eigenvalue weighted by molar-refractivity contribution is 8.00. The molecule has 1 fully saturated rings. The SMILES string of the molecule is CCn1c(S[C@H](C)C(=O)c2ccc(NC(=O)C(C)(C)C)cc2)nnc1C1CC1. The van der Waals surface area contributed by atoms with E-state index >= 15 is 0 Å². The summed E-state index contributed by atoms with van der Waals surface area (Å²) >= 11 is 1.45. The van der Waals surface area contributed by atoms with Crippen LogP contribution >= 0.6 is 11.8 Å². The number of thioether (sulfide) groups is 1. The molecule has 1 aromatic carbocycles. The highest BCUT2D eigenvalue weighted by Gasteiger charge is 2.31. The molecule has 1 N–H and O–H groups in total. The van der Waals surface area contributed by atoms with Crippen molar-refractivity contribution in [2.75, 3.05) is 5.32 Å². The van der Waals surface area contributed by atoms with Crippen LogP contribution in [-0.2, 0) is 11.3 Å². The molecule has 2 aromatic rings. The van der Waals surface area contributed by atoms with Gasteiger partial charge in [-0.25, -0.2) is 0 Å². The first-order valence-electron chi connectivity index (χ1n) is 9.76. The monoisotopic (exact) mass is 400 g/mol. The minimum absolute atomic E-state index is 0.0392. The van der Waals surface area contributed by atoms with Gasteiger partial charge in [-0.3, -0.25) is 9.59 Å². The fraction of sp³-hybridized carbons (Fsp3) is 0.524. The molecule has 28 heavy (non-hydrogen) atoms. The van der Waals surface area contributed by atoms with E-state index in [1.165, 1.54) is 24.6 Å². The number of carbonyl (C=O) groups is 2. The Bertz CT molecular complexity index is 864. The summed E-state index contributed by atoms with van der Waals surface area (Å²) in [6.45, 7) is 10.4. The van der Waals surface area contributed by atoms with Crippen LogP contribution in [0.2, 0.25) is 0 Å². The summed E-state index contributed by atoms with van der Waals surface area (Å²) in [5.41, 5.74) is 0.851. The molecule has 1 aromatic heterocycles. The summed E-state index contributed by atoms with van der Waals surface area (Å²) in [4.78, 5) is 24.9. The third-order valence-corrected chi connectivity index (χ3v) is 5.84. The van der Waals surface area contributed by atoms with Crippen molar-refractivity contribution in [1.29, 1.82) is 0 Å². The molecule has 1 atom stereocenters. The predicted octanol–water partition coefficient (Wildman–Crippen LogP) is 4.52. The van der Waals surface area contributed by atoms with Crippen LogP contribution in [0.1, 0.15) is 69.6 Å². The average molecular weight is 401 g/mol. The molecule has 0 bridgehead atoms. The van der Waals surface area contributed by atoms with E-state index < -0.39 is 5.41 Å². The van der Waals surface area contributed by atoms with Crippen molar-refractivity contribution in [3.63, 3.8) is 0 Å². The van der Waals surface area contributed by atoms with Gasteiger partial charge in [-0.2, -0.15) is 0 Å². The molecule has 1 aliphatic rings. The molecule has 0 aliphatic heterocycles. The van der Waals surface area contributed by atoms with Crippen LogP contribution in [0.25, 0.3) is 0 Å². The Morgan fingerprint density at radius 1 is 1.21 bits per heavy atom. The molecule has 7 heteroatoms. The van der Waals surface area contributed by atoms with E-state index in [2.05, 4.69) is 27.0 Å². The van der Waals surface area contributed by atoms with Crippen molar-refractivity contribution in [3.8, 4) is 0 Å². The number of hydrogen-bond acceptors (Lipinski definition) is 5. The second-order valence-corrected chi connectivity index (χ2v) is 9.57. The third-order valence-electron chi connectivity index (χ3n) is 4.76. The average Bonchev–Trinajstić information content (AvgIpc) is 3.42. The Kier molecular flexibility index (Phi) is 5.93. The molecule has 1 aliphatic carbocycles. The van der Waals surface area contributed by atoms with Crippen molar-refractivity contribution < 1.29 is 9.59 Å². The van der Waals surface area contributed by atoms with Gasteiger partial charge in [0, 0.05) is 29.1 Å². The summed E-state index contributed by atoms with van der Waals surface area (Å²) in [5.74, 6) is 1.56. The van der Waals surface area contributed by atoms with E-state index in [1.807, 2.05) is 27.7 Å². The number of hydrogen-bond donors (Lipinski definition) is 1. The Morgan fingerprint density at radius 3 is 2.39 bits per heavy atom. The van der Waals surface area contributed by atoms with Gasteiger partial charge >= 0.3 is 0 Å². The van der Waals surface area contributed by atoms with E-state index in [0.29, 0.717) is 17.2 Å². The summed E-state index contributed by atoms with van der Waals surface area (Å²) in [6.07, 6.45) is 2.35. The van der Waals surface area contributed by atoms with E-state index in [4.69, 9.17) is 0 Å². The molecule has 1 saturated carbocycles. The van der Waals surface area contributed by atoms with Crippen LogP contribution in [-0.4, -0.2) is 31.7 Å². The van der Waals surface area contributed by atoms with Crippen LogP contribution in [0.15, 0.2) is 29.4 Å². The maximum Gasteiger partial charge on any atom is 0.229 e. The Hall–Kier alpha value is -2.15. The van der Waals surface area contributed by atoms with E-state index in [9.17, 15) is 9.59 Å². The molecule has 0 saturated heterocycles. The smallest absolute Gasteiger partial charge is 0.229 e. The van der Waals surface area contributed by atoms with Gasteiger partial charge in [-0.05, 0) is 51.0 Å². The third kappa shape index (κ3) is 4.63. The fourth-order valence-electron chi connectivity index (χ4n) is 2.81. The van der Waals surface area contributed by atoms with Crippen LogP contribution in [0.4, 0.5) is 5.69 Å². The first kappa shape index (κ1) is 20.6. The molecular weight excluding hydrogens is 372 g/mol. The maximum atomic E-state index is 12.8. The van der Waals surface area contributed by atoms with Crippen LogP contribution in [0.3, 0.4) is 0 Å². The predicted molar refractivity (Wildman–Crippen MR) is 112 cm³/mol. The Morgan fingerprint density at radius 2 is 1.86 bits per heavy atom. The molecule has 0 unspecified atom stereocenters. The second kappa shape index (κ2) is 8.07. The number of benzene rings is 1. The van der Waals surface area contributed by atoms with Crippen molar-refractivity contribution >= 4 is 29.1 Å². The van der Waals surface area contributed by atoms with Gasteiger partial charge in [0.05, 0.1) is 5.25 Å². The molecule has 0 radical (unpaired) electrons. The normalized spacial score (nSPS) is 15.3. The molecule has 6 nitrogen and oxygen atoms in total. The summed E-state index contributed by atoms with van der Waals surface area (Å²) < 4.78 is 2.12. The molecule has 1 heterocycles. The molecular formula is C21H28N4O2S. The minimum Gasteiger partial charge on any atom is -0.326 e. The van der Waals surface area contributed by atoms with Gasteiger partial charge in [-0.1, -0.05) is 32.5 Å². The largest absolute Gasteiger partial charge is 0.326 e. The number of nitrogens with one attached hydrogen (secondary N) is 1. The number of amides is 1. The van der Waals surface area contributed by atoms with Crippen LogP contribution < -0.4 is 5.32 Å². The Labute approximate surface area is 170 Å². The number of carbonyl (C=O) groups excluding carboxylic acids is 2. The van der Waals surface area contributed by atoms with Crippen molar-refractivity contribution in [3.05, 3.63) is 35.7 Å². The Balaban J connectivity index is 1.66. The zero-order valence-corrected chi connectivity index (χ0v) is 18.0. The molecule has 3 rings (SSSR count). The van der Waals surface area contributed by atoms with Gasteiger partial charge in [-0.15, -0.1) is 10.2 Å². The van der Waals surface area contributed by atoms with Gasteiger partial charge in [0.25, 0.3) is 0 Å². The van der Waals surface area contributed by atoms with Gasteiger partial charge in [0.2, 0.25) is 5.91 Å². The van der Waals surface area contributed by atoms with Crippen molar-refractivity contribution in [2.45, 2.75) is 70.3 Å². The molecule has 0 spiro atoms. The first-order chi connectivity index (χ1) is 13.2. The van der Waals surface area contributed by atoms with Gasteiger partial charge in [0.15, 0.2) is 10.9 Å². The number of rotatable bonds is 7. The number of nitrogens with zero attached hydrogens (tertiary/aromatic N) is 3. The number of Topliss-reactive ketones (excluding diaryl/α,β-unsaturated/α-hetero) is 1. The first-order valence-corrected chi connectivity index (χ1v) is 10.6. The van der Waals surface area contributed by atoms with Crippen molar-refractivity contribution in [2.24, 2.45) is 5.41 Å². The standard InChI is InChI=1S/C21H28N4O2S/c1-6-25-18(15-7-8-15)23-24-20(25)28-13(2)17(26)14-9-11-16(12-10-14)22-19(27)21(3,4)5/h9-13,15H,6-8H2,1-5H3,(H,22,27)/t13-/m1/s1. The lowest BCUT2D eigenvalue weighted by atomic mass is 9.95. The van der Waals surface area contributed by atoms with Crippen molar-refractivity contribution in [1.82, 2.24) is 14.8 Å². The number of anilines is 1. The fourth-order valence-corrected chi connectivity index (χ4v) is 3.81. The van der Waals surface area contributed by atoms with E-state index in [1.54, 1.807) is 24.3 Å². The van der Waals surface area contributed by atoms with Gasteiger partial charge < -0.3 is 9.88 Å². The quantitative estimate of drug-likeness (QED) is 0.546. The lowest BCUT2D eigenvalue weighted by molar-refractivity contribution is -0.123. The maximum absolute atomic E-state index is 12.8. The van der Waals surface area contributed by atoms with Gasteiger partial charge in [0.1, 0.15) is 5.82 Å². The highest BCUT2D eigenvalue weighted by atomic mass is 32.2. The lowest BCUT2D eigenvalue weighted by Crippen LogP contribution is -2.27. The summed E-state index contributed by atoms with van der Waals surface area (Å²) in [5, 5.41) is 12.1. The van der Waals surface area contributed by atoms with Crippen LogP contribution in [0, 0.1) is 5.41 Å². The van der Waals surface area contributed by atoms with E-state index in [-0.39, 0.29) is 16.9 Å². The topological polar surface area (TPSA) is 76.9 Å². The highest BCUT2D eigenvalue weighted by Crippen LogP contribution is 2.40. The zero-order valence-electron chi connectivity index (χ0n) is 17.2. The number of ketones is 1. The summed E-state index contributed by atoms with van der Waals surface area (Å²) in [6, 6.07) is 7.07. The molecule has 150 valence electrons.